The first-order valence-electron chi connectivity index (χ1n) is 38.3. The number of pyridine rings is 1. The van der Waals surface area contributed by atoms with Crippen LogP contribution in [0, 0.1) is 41.5 Å². The van der Waals surface area contributed by atoms with Crippen molar-refractivity contribution >= 4 is 56.9 Å². The van der Waals surface area contributed by atoms with E-state index in [1.54, 1.807) is 13.1 Å². The first-order valence-corrected chi connectivity index (χ1v) is 34.3. The molecule has 0 N–H and O–H groups in total. The van der Waals surface area contributed by atoms with Gasteiger partial charge in [-0.1, -0.05) is 159 Å². The van der Waals surface area contributed by atoms with Gasteiger partial charge in [0.05, 0.1) is 22.7 Å². The van der Waals surface area contributed by atoms with Gasteiger partial charge in [0.1, 0.15) is 37.9 Å². The number of hydrogen-bond donors (Lipinski definition) is 0. The van der Waals surface area contributed by atoms with Crippen LogP contribution < -0.4 is 43.8 Å². The predicted molar refractivity (Wildman–Crippen MR) is 424 cm³/mol. The predicted octanol–water partition coefficient (Wildman–Crippen LogP) is 20.2. The second-order valence-electron chi connectivity index (χ2n) is 25.7. The van der Waals surface area contributed by atoms with Crippen LogP contribution in [0.5, 0.6) is 0 Å². The van der Waals surface area contributed by atoms with E-state index in [9.17, 15) is 0 Å². The molecule has 0 fully saturated rings. The van der Waals surface area contributed by atoms with Crippen molar-refractivity contribution in [2.75, 3.05) is 67.2 Å². The normalized spacial score (nSPS) is 19.2. The summed E-state index contributed by atoms with van der Waals surface area (Å²) in [6.07, 6.45) is 13.2. The monoisotopic (exact) mass is 1320 g/mol. The fourth-order valence-corrected chi connectivity index (χ4v) is 13.1. The molecule has 510 valence electrons. The van der Waals surface area contributed by atoms with Crippen molar-refractivity contribution in [1.29, 1.82) is 0 Å². The molecule has 0 radical (unpaired) electrons. The van der Waals surface area contributed by atoms with Gasteiger partial charge in [-0.25, -0.2) is 4.57 Å². The molecule has 99 heavy (non-hydrogen) atoms. The van der Waals surface area contributed by atoms with Crippen LogP contribution in [0.4, 0.5) is 56.9 Å². The van der Waals surface area contributed by atoms with Gasteiger partial charge in [-0.15, -0.1) is 0 Å². The van der Waals surface area contributed by atoms with E-state index < -0.39 is 20.3 Å². The fraction of sp³-hybridized carbons (Fsp3) is 0.261. The number of fused-ring (bicyclic) bond motifs is 2. The molecule has 0 spiro atoms. The van der Waals surface area contributed by atoms with E-state index in [1.165, 1.54) is 71.7 Å². The van der Waals surface area contributed by atoms with Crippen molar-refractivity contribution in [3.63, 3.8) is 0 Å². The van der Waals surface area contributed by atoms with E-state index in [1.807, 2.05) is 160 Å². The summed E-state index contributed by atoms with van der Waals surface area (Å²) in [5, 5.41) is 0. The number of para-hydroxylation sites is 10. The summed E-state index contributed by atoms with van der Waals surface area (Å²) in [7, 11) is 6.21. The lowest BCUT2D eigenvalue weighted by molar-refractivity contribution is -0.660. The molecule has 11 nitrogen and oxygen atoms in total. The number of nitrogens with zero attached hydrogens (tertiary/aromatic N) is 11. The molecule has 0 amide bonds. The lowest BCUT2D eigenvalue weighted by Gasteiger charge is -2.30. The van der Waals surface area contributed by atoms with Crippen LogP contribution in [-0.4, -0.2) is 68.7 Å². The zero-order valence-electron chi connectivity index (χ0n) is 68.4. The van der Waals surface area contributed by atoms with Crippen molar-refractivity contribution in [2.24, 2.45) is 7.05 Å². The maximum atomic E-state index is 7.83. The SMILES string of the molecule is Cc1ccccc1N1C=CN(C)C1C.Cc1ccccc1N1C=CN(c2ccccc2)C1C.Cc1ccccc1N1c2ccccc2N(C)C1C.[2H]C([2H])(C)c1ccc(-c2ccccc2C)[n+](C)c1.[2H]C([2H])([2H])N1C=CN(c2ccccc2C)C1C.[2H]C([2H])([2H])N1c2ccccc2N(c2ccccc2C)C1C. The molecule has 15 rings (SSSR count). The molecular formula is C88H104N11+. The summed E-state index contributed by atoms with van der Waals surface area (Å²) in [6, 6.07) is 80.4. The minimum atomic E-state index is -2.16. The third kappa shape index (κ3) is 16.0. The van der Waals surface area contributed by atoms with Gasteiger partial charge in [0.25, 0.3) is 0 Å². The molecule has 5 atom stereocenters. The van der Waals surface area contributed by atoms with E-state index in [0.717, 1.165) is 39.6 Å². The van der Waals surface area contributed by atoms with Crippen molar-refractivity contribution in [2.45, 2.75) is 120 Å². The van der Waals surface area contributed by atoms with Gasteiger partial charge >= 0.3 is 0 Å². The number of aromatic nitrogens is 1. The lowest BCUT2D eigenvalue weighted by Crippen LogP contribution is -2.36. The quantitative estimate of drug-likeness (QED) is 0.137. The van der Waals surface area contributed by atoms with Gasteiger partial charge in [-0.2, -0.15) is 0 Å². The molecule has 9 aromatic carbocycles. The minimum absolute atomic E-state index is 0.191. The standard InChI is InChI=1S/C17H18N2.2C16H18N2.C15H18N.2C12H16N2/c1-14-8-6-7-11-17(14)19-13-12-18(15(19)2)16-9-4-3-5-10-16;2*1-12-8-4-5-9-14(12)18-13(2)17(3)15-10-6-7-11-16(15)18;1-4-13-9-10-15(16(3)11-13)14-8-6-5-7-12(14)2;2*1-10-6-4-5-7-12(10)14-9-8-13(3)11(14)2/h3-13,15H,1-2H3;2*4-11,13H,1-3H3;5-11H,4H2,1-3H3;2*4-9,11H,1-3H3/q;;;+1;;/i;3D3;;4D2;3D3;. The second kappa shape index (κ2) is 32.6. The molecular weight excluding hydrogens is 1210 g/mol. The zero-order valence-corrected chi connectivity index (χ0v) is 60.4. The van der Waals surface area contributed by atoms with Crippen LogP contribution in [0.1, 0.15) is 91.5 Å². The van der Waals surface area contributed by atoms with Crippen LogP contribution in [-0.2, 0) is 13.4 Å². The number of aryl methyl sites for hydroxylation is 8. The van der Waals surface area contributed by atoms with Crippen molar-refractivity contribution in [3.05, 3.63) is 319 Å². The van der Waals surface area contributed by atoms with E-state index in [-0.39, 0.29) is 12.3 Å². The van der Waals surface area contributed by atoms with E-state index in [2.05, 4.69) is 255 Å². The van der Waals surface area contributed by atoms with E-state index in [0.29, 0.717) is 24.1 Å². The molecule has 6 heterocycles. The molecule has 5 unspecified atom stereocenters. The maximum Gasteiger partial charge on any atom is 0.212 e. The number of benzene rings is 9. The van der Waals surface area contributed by atoms with Crippen molar-refractivity contribution < 1.29 is 15.5 Å². The Morgan fingerprint density at radius 1 is 0.333 bits per heavy atom. The van der Waals surface area contributed by atoms with E-state index >= 15 is 0 Å². The zero-order chi connectivity index (χ0) is 77.2. The molecule has 0 saturated carbocycles. The minimum Gasteiger partial charge on any atom is -0.359 e. The highest BCUT2D eigenvalue weighted by Gasteiger charge is 2.33. The molecule has 5 aliphatic heterocycles. The van der Waals surface area contributed by atoms with Crippen molar-refractivity contribution in [1.82, 2.24) is 9.80 Å². The van der Waals surface area contributed by atoms with Crippen LogP contribution in [0.3, 0.4) is 0 Å². The molecule has 0 saturated heterocycles. The summed E-state index contributed by atoms with van der Waals surface area (Å²) < 4.78 is 63.3. The first kappa shape index (κ1) is 60.7. The number of hydrogen-bond acceptors (Lipinski definition) is 10. The van der Waals surface area contributed by atoms with Crippen LogP contribution >= 0.6 is 0 Å². The molecule has 5 aliphatic rings. The van der Waals surface area contributed by atoms with Crippen LogP contribution in [0.2, 0.25) is 0 Å². The Morgan fingerprint density at radius 2 is 0.687 bits per heavy atom. The van der Waals surface area contributed by atoms with Crippen LogP contribution in [0.15, 0.2) is 280 Å². The third-order valence-electron chi connectivity index (χ3n) is 19.3. The van der Waals surface area contributed by atoms with Gasteiger partial charge < -0.3 is 49.0 Å². The van der Waals surface area contributed by atoms with Crippen molar-refractivity contribution in [3.8, 4) is 11.3 Å². The maximum absolute atomic E-state index is 7.83. The largest absolute Gasteiger partial charge is 0.359 e. The molecule has 0 bridgehead atoms. The summed E-state index contributed by atoms with van der Waals surface area (Å²) >= 11 is 0. The number of anilines is 10. The Morgan fingerprint density at radius 3 is 1.10 bits per heavy atom. The summed E-state index contributed by atoms with van der Waals surface area (Å²) in [5.74, 6) is 0. The highest BCUT2D eigenvalue weighted by atomic mass is 15.4. The Bertz CT molecular complexity index is 4730. The molecule has 11 heteroatoms. The smallest absolute Gasteiger partial charge is 0.212 e. The Balaban J connectivity index is 0.000000138. The third-order valence-corrected chi connectivity index (χ3v) is 19.3. The van der Waals surface area contributed by atoms with E-state index in [4.69, 9.17) is 11.0 Å². The summed E-state index contributed by atoms with van der Waals surface area (Å²) in [4.78, 5) is 20.8. The summed E-state index contributed by atoms with van der Waals surface area (Å²) in [6.45, 7) is 20.4. The van der Waals surface area contributed by atoms with Gasteiger partial charge in [0, 0.05) is 128 Å². The van der Waals surface area contributed by atoms with Gasteiger partial charge in [-0.05, 0) is 195 Å². The average Bonchev–Trinajstić information content (AvgIpc) is 1.60. The molecule has 0 aliphatic carbocycles. The molecule has 10 aromatic rings. The van der Waals surface area contributed by atoms with Crippen LogP contribution in [0.25, 0.3) is 11.3 Å². The van der Waals surface area contributed by atoms with Gasteiger partial charge in [0.2, 0.25) is 5.69 Å². The lowest BCUT2D eigenvalue weighted by atomic mass is 10.0. The Labute approximate surface area is 604 Å². The number of rotatable bonds is 8. The fourth-order valence-electron chi connectivity index (χ4n) is 13.1. The highest BCUT2D eigenvalue weighted by Crippen LogP contribution is 2.45. The first-order chi connectivity index (χ1) is 50.9. The highest BCUT2D eigenvalue weighted by molar-refractivity contribution is 5.85. The Kier molecular flexibility index (Phi) is 20.0. The second-order valence-corrected chi connectivity index (χ2v) is 25.7. The topological polar surface area (TPSA) is 36.3 Å². The average molecular weight is 1320 g/mol. The van der Waals surface area contributed by atoms with Gasteiger partial charge in [0.15, 0.2) is 6.20 Å². The molecule has 1 aromatic heterocycles. The Hall–Kier alpha value is -10.7. The summed E-state index contributed by atoms with van der Waals surface area (Å²) in [5.41, 5.74) is 21.9. The van der Waals surface area contributed by atoms with Gasteiger partial charge in [-0.3, -0.25) is 0 Å².